The molecule has 1 aliphatic heterocycles. The van der Waals surface area contributed by atoms with Gasteiger partial charge >= 0.3 is 0 Å². The molecule has 1 unspecified atom stereocenters. The van der Waals surface area contributed by atoms with Gasteiger partial charge in [0.25, 0.3) is 0 Å². The molecule has 0 bridgehead atoms. The second-order valence-corrected chi connectivity index (χ2v) is 9.66. The summed E-state index contributed by atoms with van der Waals surface area (Å²) >= 11 is 0. The first-order chi connectivity index (χ1) is 12.8. The van der Waals surface area contributed by atoms with Gasteiger partial charge in [-0.2, -0.15) is 4.31 Å². The van der Waals surface area contributed by atoms with E-state index >= 15 is 0 Å². The van der Waals surface area contributed by atoms with E-state index in [2.05, 4.69) is 6.92 Å². The van der Waals surface area contributed by atoms with Crippen molar-refractivity contribution in [2.75, 3.05) is 13.1 Å². The number of carbonyl (C=O) groups is 1. The summed E-state index contributed by atoms with van der Waals surface area (Å²) in [6.07, 6.45) is 9.30. The van der Waals surface area contributed by atoms with E-state index in [9.17, 15) is 13.2 Å². The highest BCUT2D eigenvalue weighted by Gasteiger charge is 2.31. The number of ketones is 1. The number of hydrogen-bond donors (Lipinski definition) is 0. The van der Waals surface area contributed by atoms with Crippen LogP contribution in [0.15, 0.2) is 40.8 Å². The summed E-state index contributed by atoms with van der Waals surface area (Å²) in [7, 11) is -3.57. The van der Waals surface area contributed by atoms with Gasteiger partial charge in [0.15, 0.2) is 5.78 Å². The van der Waals surface area contributed by atoms with Crippen LogP contribution >= 0.6 is 0 Å². The van der Waals surface area contributed by atoms with Gasteiger partial charge in [0.1, 0.15) is 0 Å². The SMILES string of the molecule is CCCCCCCCC(=O)C1=CC(C)CN(S(=O)(=O)c2ccc(C)cc2)C1. The Morgan fingerprint density at radius 3 is 2.37 bits per heavy atom. The molecule has 4 nitrogen and oxygen atoms in total. The number of unbranched alkanes of at least 4 members (excludes halogenated alkanes) is 5. The van der Waals surface area contributed by atoms with Crippen molar-refractivity contribution in [1.82, 2.24) is 4.31 Å². The number of sulfonamides is 1. The lowest BCUT2D eigenvalue weighted by atomic mass is 9.97. The van der Waals surface area contributed by atoms with Crippen molar-refractivity contribution < 1.29 is 13.2 Å². The molecule has 1 aliphatic rings. The van der Waals surface area contributed by atoms with E-state index in [0.717, 1.165) is 18.4 Å². The van der Waals surface area contributed by atoms with Crippen LogP contribution in [0, 0.1) is 12.8 Å². The summed E-state index contributed by atoms with van der Waals surface area (Å²) in [5, 5.41) is 0. The highest BCUT2D eigenvalue weighted by Crippen LogP contribution is 2.24. The van der Waals surface area contributed by atoms with Gasteiger partial charge in [-0.15, -0.1) is 0 Å². The lowest BCUT2D eigenvalue weighted by molar-refractivity contribution is -0.116. The highest BCUT2D eigenvalue weighted by atomic mass is 32.2. The fourth-order valence-corrected chi connectivity index (χ4v) is 4.99. The van der Waals surface area contributed by atoms with E-state index in [1.165, 1.54) is 30.0 Å². The van der Waals surface area contributed by atoms with E-state index in [1.54, 1.807) is 24.3 Å². The Hall–Kier alpha value is -1.46. The Kier molecular flexibility index (Phi) is 8.24. The largest absolute Gasteiger partial charge is 0.295 e. The summed E-state index contributed by atoms with van der Waals surface area (Å²) in [5.41, 5.74) is 1.67. The second kappa shape index (κ2) is 10.2. The molecule has 1 atom stereocenters. The number of rotatable bonds is 10. The van der Waals surface area contributed by atoms with E-state index in [-0.39, 0.29) is 18.2 Å². The molecule has 0 spiro atoms. The highest BCUT2D eigenvalue weighted by molar-refractivity contribution is 7.89. The number of carbonyl (C=O) groups excluding carboxylic acids is 1. The maximum absolute atomic E-state index is 13.0. The van der Waals surface area contributed by atoms with Crippen molar-refractivity contribution in [2.45, 2.75) is 70.6 Å². The molecule has 5 heteroatoms. The van der Waals surface area contributed by atoms with E-state index < -0.39 is 10.0 Å². The summed E-state index contributed by atoms with van der Waals surface area (Å²) in [6.45, 7) is 6.70. The Morgan fingerprint density at radius 2 is 1.70 bits per heavy atom. The van der Waals surface area contributed by atoms with Gasteiger partial charge in [0.2, 0.25) is 10.0 Å². The fraction of sp³-hybridized carbons (Fsp3) is 0.591. The summed E-state index contributed by atoms with van der Waals surface area (Å²) in [4.78, 5) is 12.9. The molecule has 0 saturated carbocycles. The molecule has 0 fully saturated rings. The minimum atomic E-state index is -3.57. The number of hydrogen-bond acceptors (Lipinski definition) is 3. The Morgan fingerprint density at radius 1 is 1.07 bits per heavy atom. The third-order valence-electron chi connectivity index (χ3n) is 5.10. The van der Waals surface area contributed by atoms with Gasteiger partial charge in [-0.3, -0.25) is 4.79 Å². The molecule has 1 aromatic carbocycles. The fourth-order valence-electron chi connectivity index (χ4n) is 3.47. The molecule has 0 N–H and O–H groups in total. The monoisotopic (exact) mass is 391 g/mol. The molecular formula is C22H33NO3S. The molecule has 150 valence electrons. The minimum absolute atomic E-state index is 0.0440. The third-order valence-corrected chi connectivity index (χ3v) is 6.92. The van der Waals surface area contributed by atoms with Crippen molar-refractivity contribution in [1.29, 1.82) is 0 Å². The Labute approximate surface area is 164 Å². The van der Waals surface area contributed by atoms with Crippen molar-refractivity contribution in [3.63, 3.8) is 0 Å². The molecule has 0 amide bonds. The molecule has 0 aliphatic carbocycles. The molecule has 1 aromatic rings. The van der Waals surface area contributed by atoms with Crippen LogP contribution < -0.4 is 0 Å². The van der Waals surface area contributed by atoms with Crippen LogP contribution in [0.4, 0.5) is 0 Å². The zero-order chi connectivity index (χ0) is 19.9. The molecule has 0 radical (unpaired) electrons. The summed E-state index contributed by atoms with van der Waals surface area (Å²) in [5.74, 6) is 0.142. The van der Waals surface area contributed by atoms with Gasteiger partial charge in [0.05, 0.1) is 4.90 Å². The van der Waals surface area contributed by atoms with Crippen LogP contribution in [-0.4, -0.2) is 31.6 Å². The summed E-state index contributed by atoms with van der Waals surface area (Å²) < 4.78 is 27.4. The normalized spacial score (nSPS) is 18.3. The molecular weight excluding hydrogens is 358 g/mol. The van der Waals surface area contributed by atoms with Gasteiger partial charge in [-0.25, -0.2) is 8.42 Å². The first kappa shape index (κ1) is 21.8. The minimum Gasteiger partial charge on any atom is -0.295 e. The molecule has 2 rings (SSSR count). The lowest BCUT2D eigenvalue weighted by Gasteiger charge is -2.29. The second-order valence-electron chi connectivity index (χ2n) is 7.72. The number of aryl methyl sites for hydroxylation is 1. The molecule has 27 heavy (non-hydrogen) atoms. The van der Waals surface area contributed by atoms with Crippen LogP contribution in [0.1, 0.15) is 64.4 Å². The van der Waals surface area contributed by atoms with Crippen LogP contribution in [0.25, 0.3) is 0 Å². The standard InChI is InChI=1S/C22H33NO3S/c1-4-5-6-7-8-9-10-22(24)20-15-19(3)16-23(17-20)27(25,26)21-13-11-18(2)12-14-21/h11-15,19H,4-10,16-17H2,1-3H3. The predicted molar refractivity (Wildman–Crippen MR) is 110 cm³/mol. The van der Waals surface area contributed by atoms with Crippen molar-refractivity contribution >= 4 is 15.8 Å². The van der Waals surface area contributed by atoms with E-state index in [4.69, 9.17) is 0 Å². The van der Waals surface area contributed by atoms with Crippen LogP contribution in [0.5, 0.6) is 0 Å². The maximum atomic E-state index is 13.0. The smallest absolute Gasteiger partial charge is 0.243 e. The molecule has 1 heterocycles. The van der Waals surface area contributed by atoms with E-state index in [1.807, 2.05) is 19.9 Å². The van der Waals surface area contributed by atoms with Gasteiger partial charge in [0, 0.05) is 25.1 Å². The van der Waals surface area contributed by atoms with Gasteiger partial charge in [-0.05, 0) is 31.4 Å². The quantitative estimate of drug-likeness (QED) is 0.534. The summed E-state index contributed by atoms with van der Waals surface area (Å²) in [6, 6.07) is 6.90. The number of benzene rings is 1. The Bertz CT molecular complexity index is 750. The van der Waals surface area contributed by atoms with Crippen LogP contribution in [-0.2, 0) is 14.8 Å². The van der Waals surface area contributed by atoms with Crippen molar-refractivity contribution in [3.8, 4) is 0 Å². The number of nitrogens with zero attached hydrogens (tertiary/aromatic N) is 1. The van der Waals surface area contributed by atoms with Gasteiger partial charge < -0.3 is 0 Å². The third kappa shape index (κ3) is 6.28. The van der Waals surface area contributed by atoms with Crippen LogP contribution in [0.2, 0.25) is 0 Å². The Balaban J connectivity index is 1.98. The maximum Gasteiger partial charge on any atom is 0.243 e. The average molecular weight is 392 g/mol. The molecule has 0 aromatic heterocycles. The van der Waals surface area contributed by atoms with Crippen molar-refractivity contribution in [3.05, 3.63) is 41.5 Å². The van der Waals surface area contributed by atoms with Crippen molar-refractivity contribution in [2.24, 2.45) is 5.92 Å². The first-order valence-electron chi connectivity index (χ1n) is 10.1. The topological polar surface area (TPSA) is 54.5 Å². The first-order valence-corrected chi connectivity index (χ1v) is 11.6. The van der Waals surface area contributed by atoms with Gasteiger partial charge in [-0.1, -0.05) is 69.7 Å². The predicted octanol–water partition coefficient (Wildman–Crippen LogP) is 4.88. The lowest BCUT2D eigenvalue weighted by Crippen LogP contribution is -2.40. The zero-order valence-corrected chi connectivity index (χ0v) is 17.7. The van der Waals surface area contributed by atoms with E-state index in [0.29, 0.717) is 23.4 Å². The number of Topliss-reactive ketones (excluding diaryl/α,β-unsaturated/α-hetero) is 1. The average Bonchev–Trinajstić information content (AvgIpc) is 2.64. The van der Waals surface area contributed by atoms with Crippen LogP contribution in [0.3, 0.4) is 0 Å². The molecule has 0 saturated heterocycles. The zero-order valence-electron chi connectivity index (χ0n) is 16.9.